The van der Waals surface area contributed by atoms with Crippen LogP contribution < -0.4 is 10.1 Å². The number of hydrogen-bond donors (Lipinski definition) is 2. The van der Waals surface area contributed by atoms with Gasteiger partial charge in [0.1, 0.15) is 17.0 Å². The summed E-state index contributed by atoms with van der Waals surface area (Å²) in [5.41, 5.74) is -1.03. The van der Waals surface area contributed by atoms with Gasteiger partial charge in [-0.3, -0.25) is 9.69 Å². The highest BCUT2D eigenvalue weighted by molar-refractivity contribution is 6.00. The molecule has 0 radical (unpaired) electrons. The number of nitrogens with zero attached hydrogens (tertiary/aromatic N) is 4. The molecule has 1 spiro atoms. The summed E-state index contributed by atoms with van der Waals surface area (Å²) in [7, 11) is 0. The van der Waals surface area contributed by atoms with Gasteiger partial charge in [-0.2, -0.15) is 8.78 Å². The molecule has 2 N–H and O–H groups in total. The first-order valence-electron chi connectivity index (χ1n) is 21.0. The maximum Gasteiger partial charge on any atom is 0.330 e. The van der Waals surface area contributed by atoms with Crippen LogP contribution in [-0.4, -0.2) is 86.3 Å². The fourth-order valence-corrected chi connectivity index (χ4v) is 12.3. The number of aliphatic carboxylic acids is 1. The van der Waals surface area contributed by atoms with Crippen molar-refractivity contribution in [3.63, 3.8) is 0 Å². The first-order chi connectivity index (χ1) is 27.2. The van der Waals surface area contributed by atoms with Crippen LogP contribution in [0.4, 0.5) is 17.6 Å². The molecule has 2 aromatic heterocycles. The molecule has 0 atom stereocenters. The number of carboxylic acid groups (broad SMARTS) is 1. The number of rotatable bonds is 9. The van der Waals surface area contributed by atoms with Gasteiger partial charge in [0.05, 0.1) is 43.5 Å². The molecule has 14 heteroatoms. The van der Waals surface area contributed by atoms with Crippen LogP contribution in [0.3, 0.4) is 0 Å². The van der Waals surface area contributed by atoms with E-state index in [4.69, 9.17) is 9.47 Å². The number of carbonyl (C=O) groups excluding carboxylic acids is 1. The molecule has 8 aliphatic rings. The van der Waals surface area contributed by atoms with Gasteiger partial charge >= 0.3 is 5.97 Å². The number of hydrogen-bond acceptors (Lipinski definition) is 7. The number of carbonyl (C=O) groups is 2. The summed E-state index contributed by atoms with van der Waals surface area (Å²) in [6.45, 7) is 1.91. The van der Waals surface area contributed by atoms with Crippen molar-refractivity contribution in [1.29, 1.82) is 0 Å². The summed E-state index contributed by atoms with van der Waals surface area (Å²) < 4.78 is 72.4. The highest BCUT2D eigenvalue weighted by atomic mass is 19.3. The van der Waals surface area contributed by atoms with E-state index in [-0.39, 0.29) is 54.4 Å². The molecule has 1 aromatic carbocycles. The van der Waals surface area contributed by atoms with Gasteiger partial charge in [0.25, 0.3) is 17.8 Å². The van der Waals surface area contributed by atoms with E-state index in [1.807, 2.05) is 29.3 Å². The van der Waals surface area contributed by atoms with Crippen molar-refractivity contribution in [2.24, 2.45) is 29.1 Å². The van der Waals surface area contributed by atoms with E-state index in [0.29, 0.717) is 55.8 Å². The number of aromatic nitrogens is 3. The average molecular weight is 794 g/mol. The molecule has 6 saturated carbocycles. The predicted molar refractivity (Wildman–Crippen MR) is 201 cm³/mol. The van der Waals surface area contributed by atoms with Crippen LogP contribution in [0, 0.1) is 29.1 Å². The topological polar surface area (TPSA) is 119 Å². The standard InChI is InChI=1S/C43H51F4N5O5/c1-40(44,45)36-33(38(53)50-43(39(54)55)26-13-24-12-25(15-26)16-27(43)14-24)18-48-37(49-36)34-19-52(29-8-10-41(11-9-29)22-56-23-41)35-17-31(6-7-32(34)35)57-30-4-2-28(3-5-30)51-20-42(46,47)21-51/h6-7,17-19,24-30H,2-5,8-16,20-23H2,1H3,(H,50,53)(H,54,55)/t24?,25?,26?,27?,28-,30-,43?. The summed E-state index contributed by atoms with van der Waals surface area (Å²) in [4.78, 5) is 37.8. The van der Waals surface area contributed by atoms with Gasteiger partial charge < -0.3 is 24.5 Å². The van der Waals surface area contributed by atoms with Crippen molar-refractivity contribution in [2.45, 2.75) is 126 Å². The van der Waals surface area contributed by atoms with Crippen molar-refractivity contribution in [1.82, 2.24) is 24.8 Å². The molecule has 306 valence electrons. The summed E-state index contributed by atoms with van der Waals surface area (Å²) in [6, 6.07) is 6.05. The first kappa shape index (κ1) is 37.5. The molecule has 4 bridgehead atoms. The second-order valence-corrected chi connectivity index (χ2v) is 18.9. The molecule has 10 nitrogen and oxygen atoms in total. The van der Waals surface area contributed by atoms with Gasteiger partial charge in [0.2, 0.25) is 0 Å². The molecular formula is C43H51F4N5O5. The van der Waals surface area contributed by atoms with Crippen LogP contribution in [0.15, 0.2) is 30.6 Å². The Morgan fingerprint density at radius 1 is 0.947 bits per heavy atom. The molecule has 0 unspecified atom stereocenters. The summed E-state index contributed by atoms with van der Waals surface area (Å²) >= 11 is 0. The Hall–Kier alpha value is -3.78. The smallest absolute Gasteiger partial charge is 0.330 e. The second kappa shape index (κ2) is 13.4. The van der Waals surface area contributed by atoms with Crippen LogP contribution >= 0.6 is 0 Å². The molecule has 11 rings (SSSR count). The van der Waals surface area contributed by atoms with Gasteiger partial charge in [-0.25, -0.2) is 23.5 Å². The number of amides is 1. The zero-order valence-corrected chi connectivity index (χ0v) is 32.3. The average Bonchev–Trinajstić information content (AvgIpc) is 3.53. The summed E-state index contributed by atoms with van der Waals surface area (Å²) in [6.07, 6.45) is 14.0. The van der Waals surface area contributed by atoms with Crippen molar-refractivity contribution >= 4 is 22.8 Å². The summed E-state index contributed by atoms with van der Waals surface area (Å²) in [5, 5.41) is 14.2. The highest BCUT2D eigenvalue weighted by Gasteiger charge is 2.62. The van der Waals surface area contributed by atoms with Crippen LogP contribution in [-0.2, 0) is 15.5 Å². The largest absolute Gasteiger partial charge is 0.490 e. The Morgan fingerprint density at radius 2 is 1.61 bits per heavy atom. The number of likely N-dealkylation sites (tertiary alicyclic amines) is 1. The van der Waals surface area contributed by atoms with Gasteiger partial charge in [-0.15, -0.1) is 0 Å². The minimum absolute atomic E-state index is 0.0490. The van der Waals surface area contributed by atoms with E-state index in [0.717, 1.165) is 88.1 Å². The van der Waals surface area contributed by atoms with Crippen LogP contribution in [0.25, 0.3) is 22.3 Å². The Balaban J connectivity index is 0.952. The van der Waals surface area contributed by atoms with Gasteiger partial charge in [-0.05, 0) is 119 Å². The van der Waals surface area contributed by atoms with E-state index in [9.17, 15) is 23.5 Å². The predicted octanol–water partition coefficient (Wildman–Crippen LogP) is 7.99. The van der Waals surface area contributed by atoms with E-state index in [1.165, 1.54) is 0 Å². The minimum atomic E-state index is -3.53. The molecule has 4 heterocycles. The molecule has 2 aliphatic heterocycles. The second-order valence-electron chi connectivity index (χ2n) is 18.9. The van der Waals surface area contributed by atoms with Gasteiger partial charge in [0.15, 0.2) is 5.82 Å². The number of halogens is 4. The maximum absolute atomic E-state index is 15.6. The molecule has 1 amide bonds. The number of carboxylic acids is 1. The highest BCUT2D eigenvalue weighted by Crippen LogP contribution is 2.58. The van der Waals surface area contributed by atoms with Crippen LogP contribution in [0.1, 0.15) is 112 Å². The Labute approximate surface area is 329 Å². The summed E-state index contributed by atoms with van der Waals surface area (Å²) in [5.74, 6) is -6.97. The Morgan fingerprint density at radius 3 is 2.19 bits per heavy atom. The quantitative estimate of drug-likeness (QED) is 0.210. The number of nitrogens with one attached hydrogen (secondary N) is 1. The third-order valence-electron chi connectivity index (χ3n) is 15.2. The Bertz CT molecular complexity index is 2040. The maximum atomic E-state index is 15.6. The molecule has 3 aromatic rings. The minimum Gasteiger partial charge on any atom is -0.490 e. The van der Waals surface area contributed by atoms with E-state index in [2.05, 4.69) is 19.9 Å². The van der Waals surface area contributed by atoms with E-state index < -0.39 is 40.5 Å². The van der Waals surface area contributed by atoms with Gasteiger partial charge in [0, 0.05) is 53.8 Å². The lowest BCUT2D eigenvalue weighted by Crippen LogP contribution is -2.70. The molecule has 8 fully saturated rings. The number of fused-ring (bicyclic) bond motifs is 1. The third kappa shape index (κ3) is 6.42. The van der Waals surface area contributed by atoms with E-state index >= 15 is 8.78 Å². The number of alkyl halides is 4. The van der Waals surface area contributed by atoms with Gasteiger partial charge in [-0.1, -0.05) is 0 Å². The van der Waals surface area contributed by atoms with Crippen molar-refractivity contribution < 1.29 is 41.7 Å². The lowest BCUT2D eigenvalue weighted by molar-refractivity contribution is -0.163. The fraction of sp³-hybridized carbons (Fsp3) is 0.674. The molecule has 2 saturated heterocycles. The zero-order chi connectivity index (χ0) is 39.5. The van der Waals surface area contributed by atoms with Crippen LogP contribution in [0.2, 0.25) is 0 Å². The van der Waals surface area contributed by atoms with E-state index in [1.54, 1.807) is 0 Å². The lowest BCUT2D eigenvalue weighted by atomic mass is 9.48. The third-order valence-corrected chi connectivity index (χ3v) is 15.2. The SMILES string of the molecule is CC(F)(F)c1nc(-c2cn(C3CCC4(CC3)COC4)c3cc(O[C@H]4CC[C@H](N5CC(F)(F)C5)CC4)ccc23)ncc1C(=O)NC1(C(=O)O)C2CC3CC(C2)CC1C3. The molecule has 6 aliphatic carbocycles. The normalized spacial score (nSPS) is 33.2. The fourth-order valence-electron chi connectivity index (χ4n) is 12.3. The monoisotopic (exact) mass is 793 g/mol. The molecule has 57 heavy (non-hydrogen) atoms. The number of benzene rings is 1. The van der Waals surface area contributed by atoms with Crippen molar-refractivity contribution in [3.8, 4) is 17.1 Å². The number of ether oxygens (including phenoxy) is 2. The lowest BCUT2D eigenvalue weighted by Gasteiger charge is -2.59. The van der Waals surface area contributed by atoms with Crippen molar-refractivity contribution in [2.75, 3.05) is 26.3 Å². The van der Waals surface area contributed by atoms with Crippen molar-refractivity contribution in [3.05, 3.63) is 41.9 Å². The first-order valence-corrected chi connectivity index (χ1v) is 21.0. The Kier molecular flexibility index (Phi) is 8.79. The van der Waals surface area contributed by atoms with Crippen LogP contribution in [0.5, 0.6) is 5.75 Å². The zero-order valence-electron chi connectivity index (χ0n) is 32.3. The molecular weight excluding hydrogens is 742 g/mol.